The summed E-state index contributed by atoms with van der Waals surface area (Å²) in [4.78, 5) is 11.7. The second-order valence-electron chi connectivity index (χ2n) is 4.58. The zero-order valence-corrected chi connectivity index (χ0v) is 13.4. The normalized spacial score (nSPS) is 11.2. The van der Waals surface area contributed by atoms with Crippen LogP contribution in [0.4, 0.5) is 19.0 Å². The third-order valence-corrected chi connectivity index (χ3v) is 3.46. The number of halogens is 5. The van der Waals surface area contributed by atoms with Gasteiger partial charge in [-0.3, -0.25) is 4.79 Å². The third-order valence-electron chi connectivity index (χ3n) is 2.97. The smallest absolute Gasteiger partial charge is 0.309 e. The van der Waals surface area contributed by atoms with Gasteiger partial charge >= 0.3 is 6.18 Å². The number of nitriles is 1. The highest BCUT2D eigenvalue weighted by Gasteiger charge is 2.31. The summed E-state index contributed by atoms with van der Waals surface area (Å²) in [6, 6.07) is 4.52. The molecule has 0 unspecified atom stereocenters. The van der Waals surface area contributed by atoms with E-state index in [-0.39, 0.29) is 34.4 Å². The van der Waals surface area contributed by atoms with Gasteiger partial charge in [0.15, 0.2) is 5.82 Å². The van der Waals surface area contributed by atoms with Crippen LogP contribution in [0.3, 0.4) is 0 Å². The van der Waals surface area contributed by atoms with Crippen LogP contribution in [-0.2, 0) is 11.0 Å². The molecule has 0 saturated carbocycles. The molecule has 1 heterocycles. The third kappa shape index (κ3) is 3.80. The fourth-order valence-electron chi connectivity index (χ4n) is 1.87. The van der Waals surface area contributed by atoms with Gasteiger partial charge in [0.1, 0.15) is 11.6 Å². The van der Waals surface area contributed by atoms with Crippen molar-refractivity contribution in [2.24, 2.45) is 0 Å². The molecule has 0 atom stereocenters. The maximum absolute atomic E-state index is 12.7. The second-order valence-corrected chi connectivity index (χ2v) is 5.37. The van der Waals surface area contributed by atoms with E-state index in [1.54, 1.807) is 0 Å². The first-order valence-electron chi connectivity index (χ1n) is 6.49. The Kier molecular flexibility index (Phi) is 5.36. The van der Waals surface area contributed by atoms with Crippen LogP contribution in [0, 0.1) is 11.3 Å². The average molecular weight is 377 g/mol. The van der Waals surface area contributed by atoms with Gasteiger partial charge in [0.05, 0.1) is 22.5 Å². The minimum absolute atomic E-state index is 0.00164. The highest BCUT2D eigenvalue weighted by molar-refractivity contribution is 6.32. The quantitative estimate of drug-likeness (QED) is 0.820. The van der Waals surface area contributed by atoms with Crippen molar-refractivity contribution in [2.45, 2.75) is 12.6 Å². The molecule has 0 fully saturated rings. The molecule has 5 nitrogen and oxygen atoms in total. The van der Waals surface area contributed by atoms with E-state index in [1.807, 2.05) is 6.07 Å². The topological polar surface area (TPSA) is 70.7 Å². The molecule has 1 N–H and O–H groups in total. The van der Waals surface area contributed by atoms with Gasteiger partial charge in [0, 0.05) is 12.3 Å². The predicted octanol–water partition coefficient (Wildman–Crippen LogP) is 3.98. The van der Waals surface area contributed by atoms with Crippen molar-refractivity contribution in [3.05, 3.63) is 40.5 Å². The molecule has 126 valence electrons. The first-order chi connectivity index (χ1) is 11.3. The van der Waals surface area contributed by atoms with Crippen LogP contribution >= 0.6 is 23.2 Å². The SMILES string of the molecule is N#Cc1cnn(-c2ccc(C(F)(F)F)cc2Cl)c1NC(=O)CCCl. The molecule has 0 bridgehead atoms. The fourth-order valence-corrected chi connectivity index (χ4v) is 2.30. The Morgan fingerprint density at radius 3 is 2.67 bits per heavy atom. The Hall–Kier alpha value is -2.24. The van der Waals surface area contributed by atoms with Crippen LogP contribution in [0.25, 0.3) is 5.69 Å². The lowest BCUT2D eigenvalue weighted by molar-refractivity contribution is -0.137. The molecule has 1 aromatic heterocycles. The Bertz CT molecular complexity index is 811. The summed E-state index contributed by atoms with van der Waals surface area (Å²) in [5.74, 6) is -0.386. The average Bonchev–Trinajstić information content (AvgIpc) is 2.89. The van der Waals surface area contributed by atoms with Gasteiger partial charge in [-0.25, -0.2) is 4.68 Å². The number of nitrogens with zero attached hydrogens (tertiary/aromatic N) is 3. The lowest BCUT2D eigenvalue weighted by Crippen LogP contribution is -2.16. The summed E-state index contributed by atoms with van der Waals surface area (Å²) in [6.45, 7) is 0. The molecule has 1 aromatic carbocycles. The number of anilines is 1. The van der Waals surface area contributed by atoms with Gasteiger partial charge in [0.25, 0.3) is 0 Å². The standard InChI is InChI=1S/C14H9Cl2F3N4O/c15-4-3-12(24)22-13-8(6-20)7-21-23(13)11-2-1-9(5-10(11)16)14(17,18)19/h1-2,5,7H,3-4H2,(H,22,24). The van der Waals surface area contributed by atoms with Crippen molar-refractivity contribution in [1.29, 1.82) is 5.26 Å². The first-order valence-corrected chi connectivity index (χ1v) is 7.40. The number of amides is 1. The maximum atomic E-state index is 12.7. The Balaban J connectivity index is 2.48. The molecule has 0 aliphatic rings. The summed E-state index contributed by atoms with van der Waals surface area (Å²) in [7, 11) is 0. The maximum Gasteiger partial charge on any atom is 0.416 e. The van der Waals surface area contributed by atoms with Crippen LogP contribution in [0.2, 0.25) is 5.02 Å². The molecule has 0 spiro atoms. The molecule has 1 amide bonds. The van der Waals surface area contributed by atoms with E-state index < -0.39 is 17.6 Å². The molecular formula is C14H9Cl2F3N4O. The van der Waals surface area contributed by atoms with Crippen LogP contribution in [0.15, 0.2) is 24.4 Å². The van der Waals surface area contributed by atoms with Crippen molar-refractivity contribution in [2.75, 3.05) is 11.2 Å². The molecular weight excluding hydrogens is 368 g/mol. The minimum atomic E-state index is -4.54. The Morgan fingerprint density at radius 1 is 1.42 bits per heavy atom. The number of carbonyl (C=O) groups excluding carboxylic acids is 1. The zero-order chi connectivity index (χ0) is 17.9. The van der Waals surface area contributed by atoms with Gasteiger partial charge in [-0.15, -0.1) is 11.6 Å². The minimum Gasteiger partial charge on any atom is -0.309 e. The van der Waals surface area contributed by atoms with Crippen LogP contribution in [0.1, 0.15) is 17.5 Å². The van der Waals surface area contributed by atoms with Crippen molar-refractivity contribution < 1.29 is 18.0 Å². The molecule has 24 heavy (non-hydrogen) atoms. The van der Waals surface area contributed by atoms with Gasteiger partial charge in [0.2, 0.25) is 5.91 Å². The predicted molar refractivity (Wildman–Crippen MR) is 82.3 cm³/mol. The zero-order valence-electron chi connectivity index (χ0n) is 11.9. The van der Waals surface area contributed by atoms with Crippen LogP contribution < -0.4 is 5.32 Å². The summed E-state index contributed by atoms with van der Waals surface area (Å²) in [5, 5.41) is 15.2. The second kappa shape index (κ2) is 7.11. The van der Waals surface area contributed by atoms with E-state index in [9.17, 15) is 18.0 Å². The molecule has 0 aliphatic heterocycles. The van der Waals surface area contributed by atoms with E-state index in [4.69, 9.17) is 28.5 Å². The number of hydrogen-bond donors (Lipinski definition) is 1. The number of carbonyl (C=O) groups is 1. The van der Waals surface area contributed by atoms with Crippen molar-refractivity contribution >= 4 is 34.9 Å². The van der Waals surface area contributed by atoms with Crippen molar-refractivity contribution in [3.8, 4) is 11.8 Å². The van der Waals surface area contributed by atoms with Gasteiger partial charge in [-0.2, -0.15) is 23.5 Å². The van der Waals surface area contributed by atoms with E-state index in [2.05, 4.69) is 10.4 Å². The van der Waals surface area contributed by atoms with E-state index in [1.165, 1.54) is 6.20 Å². The van der Waals surface area contributed by atoms with E-state index >= 15 is 0 Å². The van der Waals surface area contributed by atoms with E-state index in [0.717, 1.165) is 22.9 Å². The van der Waals surface area contributed by atoms with Crippen molar-refractivity contribution in [1.82, 2.24) is 9.78 Å². The van der Waals surface area contributed by atoms with Gasteiger partial charge in [-0.1, -0.05) is 11.6 Å². The van der Waals surface area contributed by atoms with Crippen molar-refractivity contribution in [3.63, 3.8) is 0 Å². The Labute approximate surface area is 144 Å². The summed E-state index contributed by atoms with van der Waals surface area (Å²) in [6.07, 6.45) is -3.37. The Morgan fingerprint density at radius 2 is 2.12 bits per heavy atom. The highest BCUT2D eigenvalue weighted by atomic mass is 35.5. The number of nitrogens with one attached hydrogen (secondary N) is 1. The van der Waals surface area contributed by atoms with Gasteiger partial charge < -0.3 is 5.32 Å². The molecule has 2 aromatic rings. The number of rotatable bonds is 4. The molecule has 0 radical (unpaired) electrons. The first kappa shape index (κ1) is 18.1. The number of hydrogen-bond acceptors (Lipinski definition) is 3. The van der Waals surface area contributed by atoms with Crippen LogP contribution in [-0.4, -0.2) is 21.6 Å². The number of aromatic nitrogens is 2. The largest absolute Gasteiger partial charge is 0.416 e. The molecule has 0 saturated heterocycles. The highest BCUT2D eigenvalue weighted by Crippen LogP contribution is 2.34. The summed E-state index contributed by atoms with van der Waals surface area (Å²) >= 11 is 11.4. The molecule has 0 aliphatic carbocycles. The molecule has 2 rings (SSSR count). The summed E-state index contributed by atoms with van der Waals surface area (Å²) < 4.78 is 39.2. The van der Waals surface area contributed by atoms with Gasteiger partial charge in [-0.05, 0) is 18.2 Å². The summed E-state index contributed by atoms with van der Waals surface area (Å²) in [5.41, 5.74) is -0.794. The molecule has 10 heteroatoms. The lowest BCUT2D eigenvalue weighted by atomic mass is 10.2. The monoisotopic (exact) mass is 376 g/mol. The lowest BCUT2D eigenvalue weighted by Gasteiger charge is -2.13. The van der Waals surface area contributed by atoms with E-state index in [0.29, 0.717) is 0 Å². The number of benzene rings is 1. The number of alkyl halides is 4. The fraction of sp³-hybridized carbons (Fsp3) is 0.214. The van der Waals surface area contributed by atoms with Crippen LogP contribution in [0.5, 0.6) is 0 Å².